The fourth-order valence-corrected chi connectivity index (χ4v) is 2.11. The molecule has 4 nitrogen and oxygen atoms in total. The number of nitrogens with one attached hydrogen (secondary N) is 1. The van der Waals surface area contributed by atoms with Crippen LogP contribution in [0.25, 0.3) is 0 Å². The second-order valence-electron chi connectivity index (χ2n) is 3.96. The molecule has 102 valence electrons. The van der Waals surface area contributed by atoms with Crippen LogP contribution in [0.2, 0.25) is 5.02 Å². The van der Waals surface area contributed by atoms with Crippen LogP contribution in [0, 0.1) is 0 Å². The summed E-state index contributed by atoms with van der Waals surface area (Å²) in [6.07, 6.45) is 0. The van der Waals surface area contributed by atoms with Crippen molar-refractivity contribution >= 4 is 45.1 Å². The standard InChI is InChI=1S/C14H9BrClNO3/c15-12-6-5-10(7-11(12)14(19)20)17-13(18)8-1-3-9(16)4-2-8/h1-7H,(H,17,18)(H,19,20). The molecule has 1 amide bonds. The van der Waals surface area contributed by atoms with Crippen LogP contribution in [0.1, 0.15) is 20.7 Å². The fourth-order valence-electron chi connectivity index (χ4n) is 1.57. The van der Waals surface area contributed by atoms with Crippen molar-refractivity contribution in [3.05, 3.63) is 63.1 Å². The zero-order valence-electron chi connectivity index (χ0n) is 10.1. The Morgan fingerprint density at radius 3 is 2.35 bits per heavy atom. The average molecular weight is 355 g/mol. The van der Waals surface area contributed by atoms with E-state index in [1.807, 2.05) is 0 Å². The van der Waals surface area contributed by atoms with E-state index >= 15 is 0 Å². The molecule has 0 saturated carbocycles. The first-order chi connectivity index (χ1) is 9.47. The van der Waals surface area contributed by atoms with Crippen LogP contribution >= 0.6 is 27.5 Å². The molecule has 6 heteroatoms. The maximum Gasteiger partial charge on any atom is 0.336 e. The van der Waals surface area contributed by atoms with Crippen LogP contribution in [0.3, 0.4) is 0 Å². The Bertz CT molecular complexity index is 671. The summed E-state index contributed by atoms with van der Waals surface area (Å²) in [5.74, 6) is -1.40. The number of carboxylic acid groups (broad SMARTS) is 1. The predicted molar refractivity (Wildman–Crippen MR) is 80.5 cm³/mol. The average Bonchev–Trinajstić information content (AvgIpc) is 2.41. The third-order valence-electron chi connectivity index (χ3n) is 2.56. The molecule has 2 aromatic carbocycles. The highest BCUT2D eigenvalue weighted by molar-refractivity contribution is 9.10. The molecule has 0 aliphatic heterocycles. The van der Waals surface area contributed by atoms with E-state index in [0.29, 0.717) is 20.7 Å². The van der Waals surface area contributed by atoms with Crippen LogP contribution in [-0.4, -0.2) is 17.0 Å². The van der Waals surface area contributed by atoms with Crippen molar-refractivity contribution in [2.75, 3.05) is 5.32 Å². The largest absolute Gasteiger partial charge is 0.478 e. The summed E-state index contributed by atoms with van der Waals surface area (Å²) in [6.45, 7) is 0. The number of hydrogen-bond donors (Lipinski definition) is 2. The summed E-state index contributed by atoms with van der Waals surface area (Å²) in [4.78, 5) is 23.0. The molecule has 0 fully saturated rings. The predicted octanol–water partition coefficient (Wildman–Crippen LogP) is 4.05. The molecule has 20 heavy (non-hydrogen) atoms. The molecule has 0 atom stereocenters. The van der Waals surface area contributed by atoms with Gasteiger partial charge in [-0.25, -0.2) is 4.79 Å². The summed E-state index contributed by atoms with van der Waals surface area (Å²) in [6, 6.07) is 11.0. The molecule has 2 aromatic rings. The lowest BCUT2D eigenvalue weighted by Crippen LogP contribution is -2.12. The Morgan fingerprint density at radius 1 is 1.10 bits per heavy atom. The van der Waals surface area contributed by atoms with E-state index in [1.54, 1.807) is 36.4 Å². The van der Waals surface area contributed by atoms with E-state index in [-0.39, 0.29) is 11.5 Å². The van der Waals surface area contributed by atoms with E-state index in [9.17, 15) is 9.59 Å². The Hall–Kier alpha value is -1.85. The van der Waals surface area contributed by atoms with E-state index in [0.717, 1.165) is 0 Å². The van der Waals surface area contributed by atoms with Crippen LogP contribution < -0.4 is 5.32 Å². The summed E-state index contributed by atoms with van der Waals surface area (Å²) < 4.78 is 0.453. The Kier molecular flexibility index (Phi) is 4.42. The van der Waals surface area contributed by atoms with Gasteiger partial charge in [-0.15, -0.1) is 0 Å². The monoisotopic (exact) mass is 353 g/mol. The third-order valence-corrected chi connectivity index (χ3v) is 3.50. The van der Waals surface area contributed by atoms with Crippen molar-refractivity contribution in [3.8, 4) is 0 Å². The van der Waals surface area contributed by atoms with Gasteiger partial charge in [-0.3, -0.25) is 4.79 Å². The summed E-state index contributed by atoms with van der Waals surface area (Å²) in [5.41, 5.74) is 0.929. The number of amides is 1. The molecule has 0 aromatic heterocycles. The lowest BCUT2D eigenvalue weighted by molar-refractivity contribution is 0.0695. The number of carbonyl (C=O) groups is 2. The third kappa shape index (κ3) is 3.37. The van der Waals surface area contributed by atoms with Crippen molar-refractivity contribution in [2.24, 2.45) is 0 Å². The van der Waals surface area contributed by atoms with Crippen LogP contribution in [-0.2, 0) is 0 Å². The number of carbonyl (C=O) groups excluding carboxylic acids is 1. The van der Waals surface area contributed by atoms with Crippen LogP contribution in [0.15, 0.2) is 46.9 Å². The van der Waals surface area contributed by atoms with Gasteiger partial charge in [0.05, 0.1) is 5.56 Å². The number of hydrogen-bond acceptors (Lipinski definition) is 2. The van der Waals surface area contributed by atoms with Gasteiger partial charge in [0.1, 0.15) is 0 Å². The Balaban J connectivity index is 2.21. The van der Waals surface area contributed by atoms with Crippen molar-refractivity contribution in [1.82, 2.24) is 0 Å². The van der Waals surface area contributed by atoms with Gasteiger partial charge in [-0.2, -0.15) is 0 Å². The summed E-state index contributed by atoms with van der Waals surface area (Å²) >= 11 is 8.89. The van der Waals surface area contributed by atoms with Gasteiger partial charge in [0.15, 0.2) is 0 Å². The van der Waals surface area contributed by atoms with Crippen molar-refractivity contribution in [2.45, 2.75) is 0 Å². The fraction of sp³-hybridized carbons (Fsp3) is 0. The molecule has 2 rings (SSSR count). The molecule has 0 saturated heterocycles. The number of aromatic carboxylic acids is 1. The lowest BCUT2D eigenvalue weighted by Gasteiger charge is -2.07. The van der Waals surface area contributed by atoms with Crippen molar-refractivity contribution < 1.29 is 14.7 Å². The second kappa shape index (κ2) is 6.07. The normalized spacial score (nSPS) is 10.1. The Labute approximate surface area is 128 Å². The first-order valence-corrected chi connectivity index (χ1v) is 6.74. The van der Waals surface area contributed by atoms with E-state index in [4.69, 9.17) is 16.7 Å². The second-order valence-corrected chi connectivity index (χ2v) is 5.25. The molecular weight excluding hydrogens is 346 g/mol. The molecule has 2 N–H and O–H groups in total. The van der Waals surface area contributed by atoms with E-state index < -0.39 is 5.97 Å². The zero-order chi connectivity index (χ0) is 14.7. The maximum atomic E-state index is 12.0. The Morgan fingerprint density at radius 2 is 1.75 bits per heavy atom. The molecule has 0 aliphatic rings. The van der Waals surface area contributed by atoms with Crippen LogP contribution in [0.4, 0.5) is 5.69 Å². The van der Waals surface area contributed by atoms with Crippen LogP contribution in [0.5, 0.6) is 0 Å². The van der Waals surface area contributed by atoms with E-state index in [1.165, 1.54) is 6.07 Å². The first-order valence-electron chi connectivity index (χ1n) is 5.57. The molecule has 0 radical (unpaired) electrons. The van der Waals surface area contributed by atoms with Gasteiger partial charge in [-0.05, 0) is 58.4 Å². The minimum absolute atomic E-state index is 0.0823. The smallest absolute Gasteiger partial charge is 0.336 e. The first kappa shape index (κ1) is 14.6. The highest BCUT2D eigenvalue weighted by Gasteiger charge is 2.11. The quantitative estimate of drug-likeness (QED) is 0.874. The molecule has 0 bridgehead atoms. The van der Waals surface area contributed by atoms with Gasteiger partial charge < -0.3 is 10.4 Å². The summed E-state index contributed by atoms with van der Waals surface area (Å²) in [5, 5.41) is 12.2. The number of anilines is 1. The molecule has 0 heterocycles. The van der Waals surface area contributed by atoms with Crippen molar-refractivity contribution in [3.63, 3.8) is 0 Å². The van der Waals surface area contributed by atoms with Gasteiger partial charge in [0.2, 0.25) is 0 Å². The summed E-state index contributed by atoms with van der Waals surface area (Å²) in [7, 11) is 0. The van der Waals surface area contributed by atoms with Gasteiger partial charge in [0, 0.05) is 20.7 Å². The topological polar surface area (TPSA) is 66.4 Å². The highest BCUT2D eigenvalue weighted by Crippen LogP contribution is 2.21. The van der Waals surface area contributed by atoms with Gasteiger partial charge in [0.25, 0.3) is 5.91 Å². The van der Waals surface area contributed by atoms with Gasteiger partial charge >= 0.3 is 5.97 Å². The molecule has 0 unspecified atom stereocenters. The zero-order valence-corrected chi connectivity index (χ0v) is 12.4. The number of benzene rings is 2. The minimum atomic E-state index is -1.07. The van der Waals surface area contributed by atoms with Gasteiger partial charge in [-0.1, -0.05) is 11.6 Å². The SMILES string of the molecule is O=C(Nc1ccc(Br)c(C(=O)O)c1)c1ccc(Cl)cc1. The molecular formula is C14H9BrClNO3. The molecule has 0 spiro atoms. The number of rotatable bonds is 3. The number of halogens is 2. The highest BCUT2D eigenvalue weighted by atomic mass is 79.9. The van der Waals surface area contributed by atoms with Crippen molar-refractivity contribution in [1.29, 1.82) is 0 Å². The number of carboxylic acids is 1. The lowest BCUT2D eigenvalue weighted by atomic mass is 10.1. The maximum absolute atomic E-state index is 12.0. The van der Waals surface area contributed by atoms with E-state index in [2.05, 4.69) is 21.2 Å². The minimum Gasteiger partial charge on any atom is -0.478 e. The molecule has 0 aliphatic carbocycles.